The van der Waals surface area contributed by atoms with E-state index < -0.39 is 17.2 Å². The number of hydrogen-bond donors (Lipinski definition) is 1. The second kappa shape index (κ2) is 9.95. The summed E-state index contributed by atoms with van der Waals surface area (Å²) in [5.41, 5.74) is 2.07. The van der Waals surface area contributed by atoms with E-state index in [4.69, 9.17) is 13.9 Å². The molecule has 3 aromatic carbocycles. The Bertz CT molecular complexity index is 1640. The van der Waals surface area contributed by atoms with E-state index in [9.17, 15) is 14.9 Å². The number of methoxy groups -OCH3 is 1. The number of fused-ring (bicyclic) bond motifs is 1. The predicted molar refractivity (Wildman–Crippen MR) is 150 cm³/mol. The summed E-state index contributed by atoms with van der Waals surface area (Å²) in [4.78, 5) is 26.5. The summed E-state index contributed by atoms with van der Waals surface area (Å²) in [5, 5.41) is 12.9. The SMILES string of the molecule is COc1cc2c(=O)c(-c3ccc(C4(NC(=O)OC(C)(C)C)CCC4)cc3)c(-c3ccccc3)oc2cc1C#N. The van der Waals surface area contributed by atoms with Crippen LogP contribution in [0.15, 0.2) is 75.9 Å². The molecule has 39 heavy (non-hydrogen) atoms. The van der Waals surface area contributed by atoms with Crippen LogP contribution in [-0.2, 0) is 10.3 Å². The van der Waals surface area contributed by atoms with Gasteiger partial charge in [0.15, 0.2) is 0 Å². The number of hydrogen-bond acceptors (Lipinski definition) is 6. The highest BCUT2D eigenvalue weighted by Gasteiger charge is 2.41. The molecule has 0 unspecified atom stereocenters. The van der Waals surface area contributed by atoms with E-state index in [2.05, 4.69) is 11.4 Å². The minimum absolute atomic E-state index is 0.226. The lowest BCUT2D eigenvalue weighted by molar-refractivity contribution is 0.0377. The third-order valence-electron chi connectivity index (χ3n) is 7.04. The van der Waals surface area contributed by atoms with Gasteiger partial charge in [-0.25, -0.2) is 4.79 Å². The summed E-state index contributed by atoms with van der Waals surface area (Å²) < 4.78 is 17.2. The molecule has 1 aliphatic carbocycles. The van der Waals surface area contributed by atoms with Crippen LogP contribution in [0.3, 0.4) is 0 Å². The van der Waals surface area contributed by atoms with Crippen LogP contribution in [-0.4, -0.2) is 18.8 Å². The lowest BCUT2D eigenvalue weighted by atomic mass is 9.71. The highest BCUT2D eigenvalue weighted by Crippen LogP contribution is 2.42. The van der Waals surface area contributed by atoms with Gasteiger partial charge in [0.25, 0.3) is 0 Å². The largest absolute Gasteiger partial charge is 0.495 e. The van der Waals surface area contributed by atoms with Crippen LogP contribution in [0.2, 0.25) is 0 Å². The van der Waals surface area contributed by atoms with Crippen LogP contribution < -0.4 is 15.5 Å². The van der Waals surface area contributed by atoms with Crippen LogP contribution in [0.25, 0.3) is 33.4 Å². The molecule has 7 heteroatoms. The first-order valence-electron chi connectivity index (χ1n) is 12.9. The second-order valence-electron chi connectivity index (χ2n) is 10.8. The standard InChI is InChI=1S/C32H30N2O5/c1-31(2,3)39-30(36)34-32(15-8-16-32)23-13-11-20(12-14-23)27-28(35)24-18-25(37-4)22(19-33)17-26(24)38-29(27)21-9-6-5-7-10-21/h5-7,9-14,17-18H,8,15-16H2,1-4H3,(H,34,36). The second-order valence-corrected chi connectivity index (χ2v) is 10.8. The van der Waals surface area contributed by atoms with Gasteiger partial charge < -0.3 is 19.2 Å². The molecular weight excluding hydrogens is 492 g/mol. The zero-order chi connectivity index (χ0) is 27.8. The number of rotatable bonds is 5. The monoisotopic (exact) mass is 522 g/mol. The van der Waals surface area contributed by atoms with Gasteiger partial charge in [-0.05, 0) is 57.2 Å². The molecule has 4 aromatic rings. The number of benzene rings is 3. The highest BCUT2D eigenvalue weighted by atomic mass is 16.6. The van der Waals surface area contributed by atoms with Crippen molar-refractivity contribution in [2.45, 2.75) is 51.2 Å². The number of amides is 1. The molecule has 1 amide bonds. The fourth-order valence-electron chi connectivity index (χ4n) is 5.00. The summed E-state index contributed by atoms with van der Waals surface area (Å²) in [6.07, 6.45) is 2.16. The molecule has 0 spiro atoms. The van der Waals surface area contributed by atoms with Crippen LogP contribution >= 0.6 is 0 Å². The Kier molecular flexibility index (Phi) is 6.65. The van der Waals surface area contributed by atoms with E-state index >= 15 is 0 Å². The number of nitriles is 1. The number of carbonyl (C=O) groups is 1. The maximum atomic E-state index is 13.9. The third kappa shape index (κ3) is 4.98. The van der Waals surface area contributed by atoms with Gasteiger partial charge in [-0.15, -0.1) is 0 Å². The van der Waals surface area contributed by atoms with E-state index in [-0.39, 0.29) is 11.0 Å². The van der Waals surface area contributed by atoms with Crippen molar-refractivity contribution in [2.24, 2.45) is 0 Å². The minimum Gasteiger partial charge on any atom is -0.495 e. The average molecular weight is 523 g/mol. The fraction of sp³-hybridized carbons (Fsp3) is 0.281. The predicted octanol–water partition coefficient (Wildman–Crippen LogP) is 6.91. The fourth-order valence-corrected chi connectivity index (χ4v) is 5.00. The first-order chi connectivity index (χ1) is 18.6. The lowest BCUT2D eigenvalue weighted by Crippen LogP contribution is -2.52. The molecule has 198 valence electrons. The first-order valence-corrected chi connectivity index (χ1v) is 12.9. The van der Waals surface area contributed by atoms with Crippen molar-refractivity contribution in [3.05, 3.63) is 88.1 Å². The highest BCUT2D eigenvalue weighted by molar-refractivity contribution is 5.90. The molecular formula is C32H30N2O5. The van der Waals surface area contributed by atoms with Gasteiger partial charge in [0.2, 0.25) is 5.43 Å². The first kappa shape index (κ1) is 26.1. The van der Waals surface area contributed by atoms with Crippen LogP contribution in [0.4, 0.5) is 4.79 Å². The Morgan fingerprint density at radius 1 is 1.03 bits per heavy atom. The molecule has 1 fully saturated rings. The van der Waals surface area contributed by atoms with Gasteiger partial charge in [0.05, 0.1) is 29.2 Å². The molecule has 0 bridgehead atoms. The number of alkyl carbamates (subject to hydrolysis) is 1. The van der Waals surface area contributed by atoms with Crippen LogP contribution in [0.1, 0.15) is 51.2 Å². The lowest BCUT2D eigenvalue weighted by Gasteiger charge is -2.43. The Balaban J connectivity index is 1.62. The molecule has 1 aromatic heterocycles. The van der Waals surface area contributed by atoms with Crippen LogP contribution in [0, 0.1) is 11.3 Å². The van der Waals surface area contributed by atoms with E-state index in [1.54, 1.807) is 6.07 Å². The van der Waals surface area contributed by atoms with Gasteiger partial charge in [0.1, 0.15) is 28.8 Å². The van der Waals surface area contributed by atoms with Crippen molar-refractivity contribution in [2.75, 3.05) is 7.11 Å². The van der Waals surface area contributed by atoms with Crippen molar-refractivity contribution >= 4 is 17.1 Å². The van der Waals surface area contributed by atoms with Crippen molar-refractivity contribution in [1.82, 2.24) is 5.32 Å². The molecule has 1 heterocycles. The summed E-state index contributed by atoms with van der Waals surface area (Å²) in [6.45, 7) is 5.51. The van der Waals surface area contributed by atoms with Crippen molar-refractivity contribution in [3.63, 3.8) is 0 Å². The maximum absolute atomic E-state index is 13.9. The molecule has 1 N–H and O–H groups in total. The Morgan fingerprint density at radius 3 is 2.28 bits per heavy atom. The smallest absolute Gasteiger partial charge is 0.408 e. The average Bonchev–Trinajstić information content (AvgIpc) is 2.89. The van der Waals surface area contributed by atoms with Gasteiger partial charge in [-0.1, -0.05) is 54.6 Å². The Hall–Kier alpha value is -4.57. The van der Waals surface area contributed by atoms with E-state index in [0.29, 0.717) is 33.6 Å². The summed E-state index contributed by atoms with van der Waals surface area (Å²) in [7, 11) is 1.46. The number of nitrogens with zero attached hydrogens (tertiary/aromatic N) is 1. The molecule has 0 saturated heterocycles. The van der Waals surface area contributed by atoms with E-state index in [1.165, 1.54) is 13.2 Å². The van der Waals surface area contributed by atoms with E-state index in [1.807, 2.05) is 75.4 Å². The van der Waals surface area contributed by atoms with Gasteiger partial charge >= 0.3 is 6.09 Å². The topological polar surface area (TPSA) is 102 Å². The quantitative estimate of drug-likeness (QED) is 0.306. The number of ether oxygens (including phenoxy) is 2. The zero-order valence-corrected chi connectivity index (χ0v) is 22.5. The maximum Gasteiger partial charge on any atom is 0.408 e. The molecule has 1 aliphatic rings. The minimum atomic E-state index is -0.590. The molecule has 0 radical (unpaired) electrons. The van der Waals surface area contributed by atoms with Gasteiger partial charge in [-0.3, -0.25) is 4.79 Å². The summed E-state index contributed by atoms with van der Waals surface area (Å²) in [5.74, 6) is 0.728. The van der Waals surface area contributed by atoms with Crippen LogP contribution in [0.5, 0.6) is 5.75 Å². The van der Waals surface area contributed by atoms with Crippen molar-refractivity contribution in [1.29, 1.82) is 5.26 Å². The number of carbonyl (C=O) groups excluding carboxylic acids is 1. The van der Waals surface area contributed by atoms with Crippen molar-refractivity contribution in [3.8, 4) is 34.3 Å². The third-order valence-corrected chi connectivity index (χ3v) is 7.04. The van der Waals surface area contributed by atoms with Gasteiger partial charge in [0, 0.05) is 11.6 Å². The Labute approximate surface area is 227 Å². The zero-order valence-electron chi connectivity index (χ0n) is 22.5. The normalized spacial score (nSPS) is 14.2. The van der Waals surface area contributed by atoms with Gasteiger partial charge in [-0.2, -0.15) is 5.26 Å². The molecule has 1 saturated carbocycles. The molecule has 0 atom stereocenters. The molecule has 7 nitrogen and oxygen atoms in total. The van der Waals surface area contributed by atoms with Crippen molar-refractivity contribution < 1.29 is 18.7 Å². The summed E-state index contributed by atoms with van der Waals surface area (Å²) >= 11 is 0. The molecule has 5 rings (SSSR count). The Morgan fingerprint density at radius 2 is 1.72 bits per heavy atom. The summed E-state index contributed by atoms with van der Waals surface area (Å²) in [6, 6.07) is 22.3. The van der Waals surface area contributed by atoms with E-state index in [0.717, 1.165) is 30.4 Å². The number of nitrogens with one attached hydrogen (secondary N) is 1. The molecule has 0 aliphatic heterocycles.